The second-order valence-electron chi connectivity index (χ2n) is 5.29. The number of methoxy groups -OCH3 is 2. The fourth-order valence-corrected chi connectivity index (χ4v) is 2.06. The Morgan fingerprint density at radius 3 is 2.40 bits per heavy atom. The van der Waals surface area contributed by atoms with Crippen LogP contribution in [0.3, 0.4) is 0 Å². The van der Waals surface area contributed by atoms with Crippen molar-refractivity contribution in [3.8, 4) is 11.5 Å². The Balaban J connectivity index is 1.88. The molecule has 0 radical (unpaired) electrons. The summed E-state index contributed by atoms with van der Waals surface area (Å²) < 4.78 is 21.8. The van der Waals surface area contributed by atoms with Gasteiger partial charge in [0.15, 0.2) is 17.3 Å². The van der Waals surface area contributed by atoms with Gasteiger partial charge >= 0.3 is 0 Å². The number of nitrogens with one attached hydrogen (secondary N) is 1. The summed E-state index contributed by atoms with van der Waals surface area (Å²) in [5.74, 6) is 1.01. The Morgan fingerprint density at radius 1 is 1.15 bits per heavy atom. The number of benzene rings is 1. The highest BCUT2D eigenvalue weighted by molar-refractivity contribution is 5.42. The molecule has 1 saturated heterocycles. The predicted octanol–water partition coefficient (Wildman–Crippen LogP) is 1.94. The molecule has 5 heteroatoms. The number of hydrogen-bond donors (Lipinski definition) is 1. The first-order valence-electron chi connectivity index (χ1n) is 6.76. The number of hydrogen-bond acceptors (Lipinski definition) is 5. The summed E-state index contributed by atoms with van der Waals surface area (Å²) in [5.41, 5.74) is 1.13. The first-order valence-corrected chi connectivity index (χ1v) is 6.76. The molecule has 1 aliphatic heterocycles. The Hall–Kier alpha value is -1.30. The molecular weight excluding hydrogens is 258 g/mol. The van der Waals surface area contributed by atoms with Crippen LogP contribution in [0, 0.1) is 0 Å². The lowest BCUT2D eigenvalue weighted by atomic mass is 10.2. The van der Waals surface area contributed by atoms with E-state index in [0.717, 1.165) is 23.6 Å². The van der Waals surface area contributed by atoms with Crippen molar-refractivity contribution in [2.24, 2.45) is 0 Å². The lowest BCUT2D eigenvalue weighted by molar-refractivity contribution is -0.253. The van der Waals surface area contributed by atoms with Crippen LogP contribution in [0.2, 0.25) is 0 Å². The topological polar surface area (TPSA) is 49.0 Å². The Labute approximate surface area is 120 Å². The minimum absolute atomic E-state index is 0.205. The van der Waals surface area contributed by atoms with Gasteiger partial charge in [0.25, 0.3) is 0 Å². The molecule has 1 fully saturated rings. The van der Waals surface area contributed by atoms with Crippen LogP contribution in [-0.2, 0) is 16.0 Å². The second-order valence-corrected chi connectivity index (χ2v) is 5.29. The average molecular weight is 281 g/mol. The minimum Gasteiger partial charge on any atom is -0.493 e. The largest absolute Gasteiger partial charge is 0.493 e. The standard InChI is InChI=1S/C15H23NO4/c1-15(2)19-9-12(10-20-15)16-8-11-5-6-13(17-3)14(7-11)18-4/h5-7,12,16H,8-10H2,1-4H3. The molecule has 0 aliphatic carbocycles. The quantitative estimate of drug-likeness (QED) is 0.894. The van der Waals surface area contributed by atoms with Gasteiger partial charge in [-0.2, -0.15) is 0 Å². The fraction of sp³-hybridized carbons (Fsp3) is 0.600. The summed E-state index contributed by atoms with van der Waals surface area (Å²) >= 11 is 0. The van der Waals surface area contributed by atoms with Gasteiger partial charge in [-0.15, -0.1) is 0 Å². The van der Waals surface area contributed by atoms with E-state index in [-0.39, 0.29) is 6.04 Å². The number of ether oxygens (including phenoxy) is 4. The highest BCUT2D eigenvalue weighted by Crippen LogP contribution is 2.27. The normalized spacial score (nSPS) is 18.8. The molecule has 0 amide bonds. The molecule has 1 aromatic carbocycles. The van der Waals surface area contributed by atoms with Crippen LogP contribution in [0.25, 0.3) is 0 Å². The average Bonchev–Trinajstić information content (AvgIpc) is 2.45. The molecular formula is C15H23NO4. The van der Waals surface area contributed by atoms with Gasteiger partial charge in [-0.05, 0) is 31.5 Å². The summed E-state index contributed by atoms with van der Waals surface area (Å²) in [7, 11) is 3.27. The van der Waals surface area contributed by atoms with E-state index in [9.17, 15) is 0 Å². The monoisotopic (exact) mass is 281 g/mol. The Kier molecular flexibility index (Phi) is 4.86. The van der Waals surface area contributed by atoms with E-state index in [2.05, 4.69) is 5.32 Å². The maximum Gasteiger partial charge on any atom is 0.162 e. The zero-order chi connectivity index (χ0) is 14.6. The van der Waals surface area contributed by atoms with Gasteiger partial charge in [-0.1, -0.05) is 6.07 Å². The molecule has 20 heavy (non-hydrogen) atoms. The van der Waals surface area contributed by atoms with Gasteiger partial charge < -0.3 is 24.3 Å². The van der Waals surface area contributed by atoms with Gasteiger partial charge in [-0.25, -0.2) is 0 Å². The molecule has 0 aromatic heterocycles. The van der Waals surface area contributed by atoms with Crippen LogP contribution < -0.4 is 14.8 Å². The molecule has 1 N–H and O–H groups in total. The van der Waals surface area contributed by atoms with E-state index in [1.165, 1.54) is 0 Å². The van der Waals surface area contributed by atoms with E-state index >= 15 is 0 Å². The highest BCUT2D eigenvalue weighted by Gasteiger charge is 2.27. The maximum absolute atomic E-state index is 5.62. The summed E-state index contributed by atoms with van der Waals surface area (Å²) in [4.78, 5) is 0. The van der Waals surface area contributed by atoms with Gasteiger partial charge in [0.1, 0.15) is 0 Å². The highest BCUT2D eigenvalue weighted by atomic mass is 16.7. The van der Waals surface area contributed by atoms with E-state index < -0.39 is 5.79 Å². The third-order valence-electron chi connectivity index (χ3n) is 3.31. The minimum atomic E-state index is -0.471. The van der Waals surface area contributed by atoms with Crippen molar-refractivity contribution in [1.29, 1.82) is 0 Å². The Morgan fingerprint density at radius 2 is 1.80 bits per heavy atom. The molecule has 1 heterocycles. The van der Waals surface area contributed by atoms with Crippen molar-refractivity contribution in [2.45, 2.75) is 32.2 Å². The number of rotatable bonds is 5. The lowest BCUT2D eigenvalue weighted by Gasteiger charge is -2.35. The summed E-state index contributed by atoms with van der Waals surface area (Å²) in [6, 6.07) is 6.10. The van der Waals surface area contributed by atoms with Crippen LogP contribution >= 0.6 is 0 Å². The van der Waals surface area contributed by atoms with Crippen molar-refractivity contribution in [2.75, 3.05) is 27.4 Å². The van der Waals surface area contributed by atoms with Crippen molar-refractivity contribution in [3.05, 3.63) is 23.8 Å². The third-order valence-corrected chi connectivity index (χ3v) is 3.31. The molecule has 0 saturated carbocycles. The summed E-state index contributed by atoms with van der Waals surface area (Å²) in [6.45, 7) is 5.90. The zero-order valence-corrected chi connectivity index (χ0v) is 12.6. The van der Waals surface area contributed by atoms with Crippen LogP contribution in [0.4, 0.5) is 0 Å². The van der Waals surface area contributed by atoms with Crippen LogP contribution in [0.15, 0.2) is 18.2 Å². The molecule has 0 spiro atoms. The van der Waals surface area contributed by atoms with E-state index in [1.807, 2.05) is 32.0 Å². The van der Waals surface area contributed by atoms with Crippen LogP contribution in [-0.4, -0.2) is 39.3 Å². The molecule has 1 aliphatic rings. The van der Waals surface area contributed by atoms with Gasteiger partial charge in [0.2, 0.25) is 0 Å². The molecule has 5 nitrogen and oxygen atoms in total. The Bertz CT molecular complexity index is 437. The van der Waals surface area contributed by atoms with E-state index in [1.54, 1.807) is 14.2 Å². The van der Waals surface area contributed by atoms with E-state index in [4.69, 9.17) is 18.9 Å². The molecule has 0 unspecified atom stereocenters. The van der Waals surface area contributed by atoms with Gasteiger partial charge in [0.05, 0.1) is 33.5 Å². The molecule has 1 aromatic rings. The summed E-state index contributed by atoms with van der Waals surface area (Å²) in [5, 5.41) is 3.42. The van der Waals surface area contributed by atoms with Crippen molar-refractivity contribution < 1.29 is 18.9 Å². The second kappa shape index (κ2) is 6.43. The molecule has 0 atom stereocenters. The first kappa shape index (κ1) is 15.1. The smallest absolute Gasteiger partial charge is 0.162 e. The molecule has 2 rings (SSSR count). The molecule has 112 valence electrons. The van der Waals surface area contributed by atoms with E-state index in [0.29, 0.717) is 13.2 Å². The maximum atomic E-state index is 5.62. The zero-order valence-electron chi connectivity index (χ0n) is 12.6. The SMILES string of the molecule is COc1ccc(CNC2COC(C)(C)OC2)cc1OC. The van der Waals surface area contributed by atoms with Gasteiger partial charge in [-0.3, -0.25) is 0 Å². The molecule has 0 bridgehead atoms. The predicted molar refractivity (Wildman–Crippen MR) is 76.2 cm³/mol. The van der Waals surface area contributed by atoms with Crippen molar-refractivity contribution in [3.63, 3.8) is 0 Å². The fourth-order valence-electron chi connectivity index (χ4n) is 2.06. The third kappa shape index (κ3) is 3.85. The lowest BCUT2D eigenvalue weighted by Crippen LogP contribution is -2.48. The van der Waals surface area contributed by atoms with Crippen LogP contribution in [0.5, 0.6) is 11.5 Å². The van der Waals surface area contributed by atoms with Crippen molar-refractivity contribution >= 4 is 0 Å². The van der Waals surface area contributed by atoms with Gasteiger partial charge in [0, 0.05) is 6.54 Å². The summed E-state index contributed by atoms with van der Waals surface area (Å²) in [6.07, 6.45) is 0. The van der Waals surface area contributed by atoms with Crippen molar-refractivity contribution in [1.82, 2.24) is 5.32 Å². The van der Waals surface area contributed by atoms with Crippen LogP contribution in [0.1, 0.15) is 19.4 Å². The first-order chi connectivity index (χ1) is 9.54.